The topological polar surface area (TPSA) is 43.8 Å². The minimum absolute atomic E-state index is 0.513. The summed E-state index contributed by atoms with van der Waals surface area (Å²) in [5.74, 6) is 0.718. The van der Waals surface area contributed by atoms with Gasteiger partial charge in [0.2, 0.25) is 0 Å². The third-order valence-corrected chi connectivity index (χ3v) is 3.83. The number of anilines is 1. The molecule has 2 N–H and O–H groups in total. The molecule has 0 aliphatic heterocycles. The molecule has 0 saturated carbocycles. The van der Waals surface area contributed by atoms with E-state index in [9.17, 15) is 0 Å². The molecule has 0 saturated heterocycles. The van der Waals surface area contributed by atoms with E-state index in [-0.39, 0.29) is 0 Å². The first-order valence-electron chi connectivity index (χ1n) is 5.48. The minimum atomic E-state index is 0.513. The summed E-state index contributed by atoms with van der Waals surface area (Å²) in [6.45, 7) is 0. The molecule has 0 atom stereocenters. The minimum Gasteiger partial charge on any atom is -0.383 e. The largest absolute Gasteiger partial charge is 0.383 e. The molecule has 3 rings (SSSR count). The third-order valence-electron chi connectivity index (χ3n) is 3.09. The molecule has 2 aromatic rings. The summed E-state index contributed by atoms with van der Waals surface area (Å²) in [4.78, 5) is 0. The van der Waals surface area contributed by atoms with Gasteiger partial charge >= 0.3 is 0 Å². The molecular weight excluding hydrogens is 257 g/mol. The summed E-state index contributed by atoms with van der Waals surface area (Å²) in [6, 6.07) is 5.40. The molecule has 88 valence electrons. The first-order valence-corrected chi connectivity index (χ1v) is 6.24. The Morgan fingerprint density at radius 2 is 2.00 bits per heavy atom. The van der Waals surface area contributed by atoms with E-state index in [1.54, 1.807) is 16.8 Å². The lowest BCUT2D eigenvalue weighted by Crippen LogP contribution is -2.03. The van der Waals surface area contributed by atoms with Gasteiger partial charge in [0.1, 0.15) is 5.82 Å². The predicted octanol–water partition coefficient (Wildman–Crippen LogP) is 3.25. The maximum atomic E-state index is 6.10. The number of nitrogen functional groups attached to an aromatic ring is 1. The first-order chi connectivity index (χ1) is 8.16. The lowest BCUT2D eigenvalue weighted by atomic mass is 10.2. The van der Waals surface area contributed by atoms with E-state index in [1.165, 1.54) is 5.56 Å². The van der Waals surface area contributed by atoms with Gasteiger partial charge < -0.3 is 5.73 Å². The predicted molar refractivity (Wildman–Crippen MR) is 70.0 cm³/mol. The number of fused-ring (bicyclic) bond motifs is 1. The summed E-state index contributed by atoms with van der Waals surface area (Å²) in [5.41, 5.74) is 9.23. The second-order valence-corrected chi connectivity index (χ2v) is 4.99. The van der Waals surface area contributed by atoms with Gasteiger partial charge in [-0.3, -0.25) is 0 Å². The van der Waals surface area contributed by atoms with Crippen LogP contribution in [0.25, 0.3) is 5.69 Å². The normalized spacial score (nSPS) is 14.0. The van der Waals surface area contributed by atoms with Crippen LogP contribution in [-0.4, -0.2) is 9.78 Å². The highest BCUT2D eigenvalue weighted by Crippen LogP contribution is 2.30. The summed E-state index contributed by atoms with van der Waals surface area (Å²) in [5, 5.41) is 5.57. The van der Waals surface area contributed by atoms with Gasteiger partial charge in [-0.05, 0) is 37.5 Å². The molecule has 0 fully saturated rings. The lowest BCUT2D eigenvalue weighted by Gasteiger charge is -2.06. The van der Waals surface area contributed by atoms with E-state index in [0.717, 1.165) is 36.5 Å². The number of nitrogens with two attached hydrogens (primary N) is 1. The van der Waals surface area contributed by atoms with Crippen molar-refractivity contribution >= 4 is 29.0 Å². The van der Waals surface area contributed by atoms with Crippen LogP contribution in [0.3, 0.4) is 0 Å². The number of aryl methyl sites for hydroxylation is 1. The van der Waals surface area contributed by atoms with E-state index in [2.05, 4.69) is 5.10 Å². The van der Waals surface area contributed by atoms with Gasteiger partial charge in [0, 0.05) is 5.56 Å². The van der Waals surface area contributed by atoms with Gasteiger partial charge in [0.15, 0.2) is 0 Å². The van der Waals surface area contributed by atoms with E-state index in [1.807, 2.05) is 6.07 Å². The van der Waals surface area contributed by atoms with E-state index in [0.29, 0.717) is 10.0 Å². The number of benzene rings is 1. The van der Waals surface area contributed by atoms with Crippen molar-refractivity contribution in [3.05, 3.63) is 39.5 Å². The fraction of sp³-hybridized carbons (Fsp3) is 0.250. The Morgan fingerprint density at radius 3 is 2.71 bits per heavy atom. The number of hydrogen-bond acceptors (Lipinski definition) is 2. The number of rotatable bonds is 1. The monoisotopic (exact) mass is 267 g/mol. The zero-order chi connectivity index (χ0) is 12.0. The standard InChI is InChI=1S/C12H11Cl2N3/c13-9-5-4-7(6-10(9)14)17-12(15)8-2-1-3-11(8)16-17/h4-6H,1-3,15H2. The lowest BCUT2D eigenvalue weighted by molar-refractivity contribution is 0.808. The van der Waals surface area contributed by atoms with Crippen molar-refractivity contribution in [1.29, 1.82) is 0 Å². The van der Waals surface area contributed by atoms with Crippen molar-refractivity contribution in [2.75, 3.05) is 5.73 Å². The quantitative estimate of drug-likeness (QED) is 0.862. The van der Waals surface area contributed by atoms with Crippen molar-refractivity contribution in [2.45, 2.75) is 19.3 Å². The number of halogens is 2. The van der Waals surface area contributed by atoms with Gasteiger partial charge in [-0.25, -0.2) is 4.68 Å². The highest BCUT2D eigenvalue weighted by atomic mass is 35.5. The molecule has 1 heterocycles. The Morgan fingerprint density at radius 1 is 1.18 bits per heavy atom. The fourth-order valence-corrected chi connectivity index (χ4v) is 2.52. The molecule has 5 heteroatoms. The van der Waals surface area contributed by atoms with Crippen LogP contribution in [0.2, 0.25) is 10.0 Å². The zero-order valence-electron chi connectivity index (χ0n) is 9.08. The molecule has 0 spiro atoms. The average Bonchev–Trinajstić information content (AvgIpc) is 2.86. The molecule has 0 amide bonds. The van der Waals surface area contributed by atoms with Gasteiger partial charge in [0.25, 0.3) is 0 Å². The Hall–Kier alpha value is -1.19. The molecule has 1 aromatic carbocycles. The van der Waals surface area contributed by atoms with Crippen LogP contribution in [0.5, 0.6) is 0 Å². The first kappa shape index (κ1) is 10.9. The summed E-state index contributed by atoms with van der Waals surface area (Å²) in [6.07, 6.45) is 3.17. The molecule has 0 radical (unpaired) electrons. The van der Waals surface area contributed by atoms with Crippen molar-refractivity contribution in [3.63, 3.8) is 0 Å². The van der Waals surface area contributed by atoms with Gasteiger partial charge in [-0.2, -0.15) is 5.10 Å². The smallest absolute Gasteiger partial charge is 0.130 e. The molecule has 1 aromatic heterocycles. The van der Waals surface area contributed by atoms with Crippen LogP contribution in [0, 0.1) is 0 Å². The van der Waals surface area contributed by atoms with Crippen LogP contribution in [0.1, 0.15) is 17.7 Å². The number of hydrogen-bond donors (Lipinski definition) is 1. The number of aromatic nitrogens is 2. The van der Waals surface area contributed by atoms with E-state index in [4.69, 9.17) is 28.9 Å². The van der Waals surface area contributed by atoms with Crippen LogP contribution in [0.4, 0.5) is 5.82 Å². The van der Waals surface area contributed by atoms with Crippen LogP contribution >= 0.6 is 23.2 Å². The number of nitrogens with zero attached hydrogens (tertiary/aromatic N) is 2. The Bertz CT molecular complexity index is 590. The van der Waals surface area contributed by atoms with Crippen molar-refractivity contribution in [3.8, 4) is 5.69 Å². The maximum absolute atomic E-state index is 6.10. The van der Waals surface area contributed by atoms with Crippen LogP contribution in [0.15, 0.2) is 18.2 Å². The molecule has 0 unspecified atom stereocenters. The maximum Gasteiger partial charge on any atom is 0.130 e. The fourth-order valence-electron chi connectivity index (χ4n) is 2.23. The molecule has 1 aliphatic rings. The SMILES string of the molecule is Nc1c2c(nn1-c1ccc(Cl)c(Cl)c1)CCC2. The van der Waals surface area contributed by atoms with Gasteiger partial charge in [-0.1, -0.05) is 23.2 Å². The third kappa shape index (κ3) is 1.70. The Labute approximate surface area is 109 Å². The molecule has 1 aliphatic carbocycles. The molecule has 17 heavy (non-hydrogen) atoms. The molecule has 3 nitrogen and oxygen atoms in total. The van der Waals surface area contributed by atoms with E-state index >= 15 is 0 Å². The van der Waals surface area contributed by atoms with Crippen molar-refractivity contribution in [1.82, 2.24) is 9.78 Å². The summed E-state index contributed by atoms with van der Waals surface area (Å²) < 4.78 is 1.74. The van der Waals surface area contributed by atoms with E-state index < -0.39 is 0 Å². The average molecular weight is 268 g/mol. The highest BCUT2D eigenvalue weighted by Gasteiger charge is 2.21. The molecular formula is C12H11Cl2N3. The van der Waals surface area contributed by atoms with Crippen LogP contribution < -0.4 is 5.73 Å². The van der Waals surface area contributed by atoms with Crippen LogP contribution in [-0.2, 0) is 12.8 Å². The molecule has 0 bridgehead atoms. The highest BCUT2D eigenvalue weighted by molar-refractivity contribution is 6.42. The second-order valence-electron chi connectivity index (χ2n) is 4.17. The zero-order valence-corrected chi connectivity index (χ0v) is 10.6. The van der Waals surface area contributed by atoms with Crippen molar-refractivity contribution in [2.24, 2.45) is 0 Å². The summed E-state index contributed by atoms with van der Waals surface area (Å²) in [7, 11) is 0. The van der Waals surface area contributed by atoms with Gasteiger partial charge in [0.05, 0.1) is 21.4 Å². The van der Waals surface area contributed by atoms with Crippen molar-refractivity contribution < 1.29 is 0 Å². The second kappa shape index (κ2) is 3.93. The van der Waals surface area contributed by atoms with Gasteiger partial charge in [-0.15, -0.1) is 0 Å². The Balaban J connectivity index is 2.12. The Kier molecular flexibility index (Phi) is 2.53. The summed E-state index contributed by atoms with van der Waals surface area (Å²) >= 11 is 11.9.